The number of nitrogens with one attached hydrogen (secondary N) is 1. The van der Waals surface area contributed by atoms with Crippen molar-refractivity contribution in [2.45, 2.75) is 6.92 Å². The number of furan rings is 1. The van der Waals surface area contributed by atoms with E-state index in [1.807, 2.05) is 0 Å². The van der Waals surface area contributed by atoms with E-state index in [0.717, 1.165) is 4.90 Å². The summed E-state index contributed by atoms with van der Waals surface area (Å²) in [5.74, 6) is -1.46. The van der Waals surface area contributed by atoms with Crippen LogP contribution in [0.4, 0.5) is 10.1 Å². The van der Waals surface area contributed by atoms with E-state index >= 15 is 0 Å². The van der Waals surface area contributed by atoms with Crippen LogP contribution >= 0.6 is 12.2 Å². The zero-order chi connectivity index (χ0) is 23.5. The highest BCUT2D eigenvalue weighted by molar-refractivity contribution is 7.80. The Morgan fingerprint density at radius 1 is 1.09 bits per heavy atom. The minimum atomic E-state index is -0.667. The number of carbonyl (C=O) groups excluding carboxylic acids is 3. The summed E-state index contributed by atoms with van der Waals surface area (Å²) in [4.78, 5) is 38.3. The number of hydrogen-bond donors (Lipinski definition) is 1. The quantitative estimate of drug-likeness (QED) is 0.265. The lowest BCUT2D eigenvalue weighted by Gasteiger charge is -2.28. The first-order valence-electron chi connectivity index (χ1n) is 9.92. The summed E-state index contributed by atoms with van der Waals surface area (Å²) in [5.41, 5.74) is 1.24. The molecule has 2 amide bonds. The standard InChI is InChI=1S/C24H17FN2O5S/c1-2-31-23(30)15-5-3-14(4-6-15)20-12-11-18(32-20)13-19-21(28)26-24(33)27(22(19)29)17-9-7-16(25)8-10-17/h3-13H,2H2,1H3,(H,26,28,33)/b19-13+. The van der Waals surface area contributed by atoms with Gasteiger partial charge in [-0.15, -0.1) is 0 Å². The lowest BCUT2D eigenvalue weighted by atomic mass is 10.1. The zero-order valence-corrected chi connectivity index (χ0v) is 18.1. The molecule has 3 aromatic rings. The highest BCUT2D eigenvalue weighted by Gasteiger charge is 2.34. The van der Waals surface area contributed by atoms with Crippen molar-refractivity contribution in [2.75, 3.05) is 11.5 Å². The first-order chi connectivity index (χ1) is 15.9. The van der Waals surface area contributed by atoms with Gasteiger partial charge in [-0.25, -0.2) is 9.18 Å². The normalized spacial score (nSPS) is 15.0. The SMILES string of the molecule is CCOC(=O)c1ccc(-c2ccc(/C=C3\C(=O)NC(=S)N(c4ccc(F)cc4)C3=O)o2)cc1. The first-order valence-corrected chi connectivity index (χ1v) is 10.3. The summed E-state index contributed by atoms with van der Waals surface area (Å²) in [6, 6.07) is 15.1. The number of thiocarbonyl (C=S) groups is 1. The Morgan fingerprint density at radius 3 is 2.45 bits per heavy atom. The lowest BCUT2D eigenvalue weighted by Crippen LogP contribution is -2.54. The minimum Gasteiger partial charge on any atom is -0.462 e. The fourth-order valence-electron chi connectivity index (χ4n) is 3.19. The average Bonchev–Trinajstić information content (AvgIpc) is 3.27. The van der Waals surface area contributed by atoms with E-state index < -0.39 is 23.6 Å². The molecule has 0 radical (unpaired) electrons. The zero-order valence-electron chi connectivity index (χ0n) is 17.3. The van der Waals surface area contributed by atoms with E-state index in [9.17, 15) is 18.8 Å². The molecule has 1 fully saturated rings. The highest BCUT2D eigenvalue weighted by atomic mass is 32.1. The maximum atomic E-state index is 13.3. The van der Waals surface area contributed by atoms with Crippen LogP contribution in [-0.2, 0) is 14.3 Å². The number of halogens is 1. The van der Waals surface area contributed by atoms with E-state index in [2.05, 4.69) is 5.32 Å². The van der Waals surface area contributed by atoms with E-state index in [-0.39, 0.29) is 23.1 Å². The second-order valence-corrected chi connectivity index (χ2v) is 7.32. The van der Waals surface area contributed by atoms with Gasteiger partial charge < -0.3 is 9.15 Å². The maximum absolute atomic E-state index is 13.3. The van der Waals surface area contributed by atoms with Gasteiger partial charge in [0.05, 0.1) is 17.9 Å². The maximum Gasteiger partial charge on any atom is 0.338 e. The molecule has 1 aliphatic rings. The molecule has 2 heterocycles. The molecular weight excluding hydrogens is 447 g/mol. The second kappa shape index (κ2) is 9.17. The third-order valence-corrected chi connectivity index (χ3v) is 5.07. The number of esters is 1. The van der Waals surface area contributed by atoms with Gasteiger partial charge in [0.15, 0.2) is 5.11 Å². The predicted octanol–water partition coefficient (Wildman–Crippen LogP) is 4.09. The van der Waals surface area contributed by atoms with Crippen LogP contribution < -0.4 is 10.2 Å². The van der Waals surface area contributed by atoms with Crippen LogP contribution in [0.5, 0.6) is 0 Å². The average molecular weight is 464 g/mol. The molecule has 4 rings (SSSR count). The molecule has 9 heteroatoms. The molecule has 2 aromatic carbocycles. The smallest absolute Gasteiger partial charge is 0.338 e. The molecule has 0 aliphatic carbocycles. The van der Waals surface area contributed by atoms with Crippen LogP contribution in [0, 0.1) is 5.82 Å². The van der Waals surface area contributed by atoms with Crippen molar-refractivity contribution in [2.24, 2.45) is 0 Å². The molecule has 0 saturated carbocycles. The van der Waals surface area contributed by atoms with Crippen LogP contribution in [0.15, 0.2) is 70.7 Å². The first kappa shape index (κ1) is 22.1. The molecule has 1 aromatic heterocycles. The Bertz CT molecular complexity index is 1280. The van der Waals surface area contributed by atoms with Gasteiger partial charge in [0.2, 0.25) is 0 Å². The Hall–Kier alpha value is -4.11. The highest BCUT2D eigenvalue weighted by Crippen LogP contribution is 2.26. The molecule has 1 saturated heterocycles. The molecule has 0 atom stereocenters. The summed E-state index contributed by atoms with van der Waals surface area (Å²) in [6.45, 7) is 2.02. The summed E-state index contributed by atoms with van der Waals surface area (Å²) in [6.07, 6.45) is 1.31. The third-order valence-electron chi connectivity index (χ3n) is 4.78. The van der Waals surface area contributed by atoms with E-state index in [1.165, 1.54) is 30.3 Å². The second-order valence-electron chi connectivity index (χ2n) is 6.93. The van der Waals surface area contributed by atoms with Gasteiger partial charge in [0.1, 0.15) is 22.9 Å². The van der Waals surface area contributed by atoms with Crippen molar-refractivity contribution in [1.29, 1.82) is 0 Å². The summed E-state index contributed by atoms with van der Waals surface area (Å²) >= 11 is 5.12. The summed E-state index contributed by atoms with van der Waals surface area (Å²) in [7, 11) is 0. The lowest BCUT2D eigenvalue weighted by molar-refractivity contribution is -0.122. The number of benzene rings is 2. The number of nitrogens with zero attached hydrogens (tertiary/aromatic N) is 1. The molecule has 7 nitrogen and oxygen atoms in total. The minimum absolute atomic E-state index is 0.101. The van der Waals surface area contributed by atoms with Gasteiger partial charge >= 0.3 is 5.97 Å². The summed E-state index contributed by atoms with van der Waals surface area (Å²) < 4.78 is 24.0. The number of anilines is 1. The Morgan fingerprint density at radius 2 is 1.79 bits per heavy atom. The Labute approximate surface area is 193 Å². The van der Waals surface area contributed by atoms with Gasteiger partial charge in [-0.2, -0.15) is 0 Å². The fourth-order valence-corrected chi connectivity index (χ4v) is 3.48. The molecule has 1 N–H and O–H groups in total. The van der Waals surface area contributed by atoms with Crippen molar-refractivity contribution in [3.05, 3.63) is 83.4 Å². The topological polar surface area (TPSA) is 88.9 Å². The van der Waals surface area contributed by atoms with Crippen LogP contribution in [0.2, 0.25) is 0 Å². The van der Waals surface area contributed by atoms with Crippen LogP contribution in [0.1, 0.15) is 23.0 Å². The van der Waals surface area contributed by atoms with Gasteiger partial charge in [0, 0.05) is 5.56 Å². The predicted molar refractivity (Wildman–Crippen MR) is 123 cm³/mol. The molecule has 1 aliphatic heterocycles. The summed E-state index contributed by atoms with van der Waals surface area (Å²) in [5, 5.41) is 2.36. The third kappa shape index (κ3) is 4.58. The van der Waals surface area contributed by atoms with Gasteiger partial charge in [0.25, 0.3) is 11.8 Å². The van der Waals surface area contributed by atoms with Crippen molar-refractivity contribution < 1.29 is 27.9 Å². The van der Waals surface area contributed by atoms with Crippen molar-refractivity contribution in [1.82, 2.24) is 5.32 Å². The van der Waals surface area contributed by atoms with E-state index in [4.69, 9.17) is 21.4 Å². The molecule has 166 valence electrons. The molecule has 0 spiro atoms. The van der Waals surface area contributed by atoms with Crippen LogP contribution in [0.3, 0.4) is 0 Å². The van der Waals surface area contributed by atoms with Gasteiger partial charge in [-0.1, -0.05) is 12.1 Å². The number of amides is 2. The number of rotatable bonds is 5. The number of ether oxygens (including phenoxy) is 1. The Kier molecular flexibility index (Phi) is 6.14. The molecule has 0 unspecified atom stereocenters. The molecule has 0 bridgehead atoms. The van der Waals surface area contributed by atoms with E-state index in [0.29, 0.717) is 22.6 Å². The van der Waals surface area contributed by atoms with E-state index in [1.54, 1.807) is 43.3 Å². The van der Waals surface area contributed by atoms with Crippen molar-refractivity contribution in [3.8, 4) is 11.3 Å². The van der Waals surface area contributed by atoms with Crippen LogP contribution in [0.25, 0.3) is 17.4 Å². The van der Waals surface area contributed by atoms with Crippen LogP contribution in [-0.4, -0.2) is 29.5 Å². The largest absolute Gasteiger partial charge is 0.462 e. The monoisotopic (exact) mass is 464 g/mol. The molecule has 33 heavy (non-hydrogen) atoms. The Balaban J connectivity index is 1.59. The van der Waals surface area contributed by atoms with Crippen molar-refractivity contribution >= 4 is 46.9 Å². The molecular formula is C24H17FN2O5S. The van der Waals surface area contributed by atoms with Gasteiger partial charge in [-0.05, 0) is 73.7 Å². The van der Waals surface area contributed by atoms with Gasteiger partial charge in [-0.3, -0.25) is 19.8 Å². The van der Waals surface area contributed by atoms with Crippen molar-refractivity contribution in [3.63, 3.8) is 0 Å². The number of carbonyl (C=O) groups is 3. The fraction of sp³-hybridized carbons (Fsp3) is 0.0833. The number of hydrogen-bond acceptors (Lipinski definition) is 6.